The quantitative estimate of drug-likeness (QED) is 0.585. The molecule has 1 atom stereocenters. The van der Waals surface area contributed by atoms with Gasteiger partial charge in [0.2, 0.25) is 15.9 Å². The Bertz CT molecular complexity index is 1200. The number of aryl methyl sites for hydroxylation is 4. The SMILES string of the molecule is Cc1cc(C)c(/C=C/c2onc(C)c2S(=O)(=O)N2CCC(C(=O)N3CCCCC3C)CC2)c(C)c1. The van der Waals surface area contributed by atoms with Crippen LogP contribution in [0.1, 0.15) is 72.7 Å². The summed E-state index contributed by atoms with van der Waals surface area (Å²) in [6, 6.07) is 4.48. The summed E-state index contributed by atoms with van der Waals surface area (Å²) in [5.74, 6) is 0.308. The number of nitrogens with zero attached hydrogens (tertiary/aromatic N) is 3. The number of aromatic nitrogens is 1. The highest BCUT2D eigenvalue weighted by molar-refractivity contribution is 7.89. The lowest BCUT2D eigenvalue weighted by atomic mass is 9.94. The lowest BCUT2D eigenvalue weighted by Gasteiger charge is -2.38. The zero-order chi connectivity index (χ0) is 25.3. The fourth-order valence-electron chi connectivity index (χ4n) is 5.54. The molecule has 0 saturated carbocycles. The van der Waals surface area contributed by atoms with E-state index in [-0.39, 0.29) is 28.5 Å². The number of carbonyl (C=O) groups is 1. The number of carbonyl (C=O) groups excluding carboxylic acids is 1. The van der Waals surface area contributed by atoms with E-state index < -0.39 is 10.0 Å². The summed E-state index contributed by atoms with van der Waals surface area (Å²) in [6.45, 7) is 11.4. The highest BCUT2D eigenvalue weighted by atomic mass is 32.2. The average Bonchev–Trinajstić information content (AvgIpc) is 3.19. The zero-order valence-corrected chi connectivity index (χ0v) is 22.3. The van der Waals surface area contributed by atoms with Gasteiger partial charge in [0.05, 0.1) is 0 Å². The summed E-state index contributed by atoms with van der Waals surface area (Å²) in [7, 11) is -3.80. The van der Waals surface area contributed by atoms with Crippen LogP contribution in [0.3, 0.4) is 0 Å². The van der Waals surface area contributed by atoms with E-state index in [1.165, 1.54) is 16.3 Å². The van der Waals surface area contributed by atoms with Crippen LogP contribution in [0.5, 0.6) is 0 Å². The molecule has 7 nitrogen and oxygen atoms in total. The molecule has 3 heterocycles. The van der Waals surface area contributed by atoms with Gasteiger partial charge in [0.1, 0.15) is 5.69 Å². The van der Waals surface area contributed by atoms with Gasteiger partial charge in [-0.3, -0.25) is 4.79 Å². The van der Waals surface area contributed by atoms with Crippen LogP contribution in [0.15, 0.2) is 21.6 Å². The van der Waals surface area contributed by atoms with E-state index in [1.807, 2.05) is 24.8 Å². The molecule has 4 rings (SSSR count). The molecule has 2 aliphatic rings. The number of likely N-dealkylation sites (tertiary alicyclic amines) is 1. The molecule has 0 aliphatic carbocycles. The predicted octanol–water partition coefficient (Wildman–Crippen LogP) is 4.88. The maximum Gasteiger partial charge on any atom is 0.248 e. The summed E-state index contributed by atoms with van der Waals surface area (Å²) >= 11 is 0. The Hall–Kier alpha value is -2.45. The van der Waals surface area contributed by atoms with Gasteiger partial charge in [-0.15, -0.1) is 0 Å². The molecule has 1 amide bonds. The zero-order valence-electron chi connectivity index (χ0n) is 21.5. The van der Waals surface area contributed by atoms with Crippen molar-refractivity contribution < 1.29 is 17.7 Å². The summed E-state index contributed by atoms with van der Waals surface area (Å²) in [6.07, 6.45) is 7.94. The number of rotatable bonds is 5. The molecule has 2 saturated heterocycles. The Kier molecular flexibility index (Phi) is 7.52. The molecular weight excluding hydrogens is 462 g/mol. The third-order valence-corrected chi connectivity index (χ3v) is 9.52. The van der Waals surface area contributed by atoms with E-state index in [2.05, 4.69) is 31.1 Å². The molecule has 2 aliphatic heterocycles. The Morgan fingerprint density at radius 3 is 2.29 bits per heavy atom. The van der Waals surface area contributed by atoms with Gasteiger partial charge in [0, 0.05) is 31.6 Å². The molecule has 0 radical (unpaired) electrons. The lowest BCUT2D eigenvalue weighted by molar-refractivity contribution is -0.140. The average molecular weight is 500 g/mol. The maximum atomic E-state index is 13.6. The molecule has 0 N–H and O–H groups in total. The minimum atomic E-state index is -3.80. The number of amides is 1. The van der Waals surface area contributed by atoms with Crippen molar-refractivity contribution in [3.8, 4) is 0 Å². The molecule has 0 spiro atoms. The fourth-order valence-corrected chi connectivity index (χ4v) is 7.26. The van der Waals surface area contributed by atoms with Crippen LogP contribution in [0.4, 0.5) is 0 Å². The number of hydrogen-bond acceptors (Lipinski definition) is 5. The van der Waals surface area contributed by atoms with Crippen LogP contribution < -0.4 is 0 Å². The highest BCUT2D eigenvalue weighted by Crippen LogP contribution is 2.31. The topological polar surface area (TPSA) is 83.7 Å². The number of piperidine rings is 2. The van der Waals surface area contributed by atoms with E-state index >= 15 is 0 Å². The van der Waals surface area contributed by atoms with Crippen molar-refractivity contribution in [2.24, 2.45) is 5.92 Å². The Morgan fingerprint density at radius 2 is 1.66 bits per heavy atom. The van der Waals surface area contributed by atoms with Crippen molar-refractivity contribution >= 4 is 28.1 Å². The first-order valence-electron chi connectivity index (χ1n) is 12.6. The van der Waals surface area contributed by atoms with E-state index in [9.17, 15) is 13.2 Å². The van der Waals surface area contributed by atoms with Crippen LogP contribution in [0, 0.1) is 33.6 Å². The normalized spacial score (nSPS) is 20.6. The molecule has 8 heteroatoms. The van der Waals surface area contributed by atoms with Gasteiger partial charge in [0.25, 0.3) is 0 Å². The minimum absolute atomic E-state index is 0.113. The van der Waals surface area contributed by atoms with Crippen LogP contribution >= 0.6 is 0 Å². The third-order valence-electron chi connectivity index (χ3n) is 7.46. The first kappa shape index (κ1) is 25.6. The Labute approximate surface area is 209 Å². The van der Waals surface area contributed by atoms with Gasteiger partial charge in [-0.05, 0) is 89.5 Å². The van der Waals surface area contributed by atoms with Crippen LogP contribution in [-0.4, -0.2) is 54.4 Å². The second kappa shape index (κ2) is 10.3. The number of benzene rings is 1. The molecule has 0 bridgehead atoms. The van der Waals surface area contributed by atoms with E-state index in [0.29, 0.717) is 31.6 Å². The summed E-state index contributed by atoms with van der Waals surface area (Å²) in [4.78, 5) is 15.2. The van der Waals surface area contributed by atoms with Gasteiger partial charge >= 0.3 is 0 Å². The van der Waals surface area contributed by atoms with Crippen LogP contribution in [0.25, 0.3) is 12.2 Å². The first-order chi connectivity index (χ1) is 16.6. The summed E-state index contributed by atoms with van der Waals surface area (Å²) in [5.41, 5.74) is 4.82. The molecule has 2 aromatic rings. The van der Waals surface area contributed by atoms with Gasteiger partial charge in [0.15, 0.2) is 10.7 Å². The number of hydrogen-bond donors (Lipinski definition) is 0. The van der Waals surface area contributed by atoms with E-state index in [0.717, 1.165) is 36.1 Å². The van der Waals surface area contributed by atoms with E-state index in [1.54, 1.807) is 13.0 Å². The van der Waals surface area contributed by atoms with Crippen molar-refractivity contribution in [1.82, 2.24) is 14.4 Å². The molecule has 1 unspecified atom stereocenters. The van der Waals surface area contributed by atoms with E-state index in [4.69, 9.17) is 4.52 Å². The minimum Gasteiger partial charge on any atom is -0.355 e. The smallest absolute Gasteiger partial charge is 0.248 e. The maximum absolute atomic E-state index is 13.6. The monoisotopic (exact) mass is 499 g/mol. The van der Waals surface area contributed by atoms with Gasteiger partial charge < -0.3 is 9.42 Å². The van der Waals surface area contributed by atoms with Crippen molar-refractivity contribution in [1.29, 1.82) is 0 Å². The van der Waals surface area contributed by atoms with Crippen molar-refractivity contribution in [2.45, 2.75) is 77.7 Å². The predicted molar refractivity (Wildman–Crippen MR) is 137 cm³/mol. The van der Waals surface area contributed by atoms with Gasteiger partial charge in [-0.25, -0.2) is 8.42 Å². The van der Waals surface area contributed by atoms with Gasteiger partial charge in [-0.2, -0.15) is 4.31 Å². The summed E-state index contributed by atoms with van der Waals surface area (Å²) in [5, 5.41) is 3.97. The molecule has 35 heavy (non-hydrogen) atoms. The van der Waals surface area contributed by atoms with Crippen LogP contribution in [0.2, 0.25) is 0 Å². The van der Waals surface area contributed by atoms with Gasteiger partial charge in [-0.1, -0.05) is 28.9 Å². The second-order valence-electron chi connectivity index (χ2n) is 10.2. The lowest BCUT2D eigenvalue weighted by Crippen LogP contribution is -2.48. The molecule has 1 aromatic heterocycles. The molecule has 1 aromatic carbocycles. The first-order valence-corrected chi connectivity index (χ1v) is 14.1. The third kappa shape index (κ3) is 5.23. The highest BCUT2D eigenvalue weighted by Gasteiger charge is 2.37. The Balaban J connectivity index is 1.50. The Morgan fingerprint density at radius 1 is 1.00 bits per heavy atom. The molecule has 190 valence electrons. The summed E-state index contributed by atoms with van der Waals surface area (Å²) < 4.78 is 34.1. The molecule has 2 fully saturated rings. The molecular formula is C27H37N3O4S. The second-order valence-corrected chi connectivity index (χ2v) is 12.0. The van der Waals surface area contributed by atoms with Crippen molar-refractivity contribution in [2.75, 3.05) is 19.6 Å². The number of sulfonamides is 1. The largest absolute Gasteiger partial charge is 0.355 e. The van der Waals surface area contributed by atoms with Crippen LogP contribution in [-0.2, 0) is 14.8 Å². The standard InChI is InChI=1S/C27H37N3O4S/c1-18-16-19(2)24(20(3)17-18)9-10-25-26(22(5)28-34-25)35(32,33)29-14-11-23(12-15-29)27(31)30-13-7-6-8-21(30)4/h9-10,16-17,21,23H,6-8,11-15H2,1-5H3/b10-9+. The van der Waals surface area contributed by atoms with Crippen molar-refractivity contribution in [3.05, 3.63) is 45.8 Å². The van der Waals surface area contributed by atoms with Crippen molar-refractivity contribution in [3.63, 3.8) is 0 Å². The fraction of sp³-hybridized carbons (Fsp3) is 0.556.